The SMILES string of the molecule is C/C(=C\c1ccc(-c2ncn(-c3ccc(OC(F)(F)F)cc3)n2)cc1)NC(=O)N=c1scc(C)n1-c1ccccc1C(C)C. The number of carbonyl (C=O) groups excluding carboxylic acids is 1. The van der Waals surface area contributed by atoms with Crippen molar-refractivity contribution in [2.75, 3.05) is 0 Å². The highest BCUT2D eigenvalue weighted by Gasteiger charge is 2.31. The Kier molecular flexibility index (Phi) is 8.81. The predicted molar refractivity (Wildman–Crippen MR) is 164 cm³/mol. The lowest BCUT2D eigenvalue weighted by molar-refractivity contribution is -0.274. The minimum atomic E-state index is -4.75. The molecule has 5 aromatic rings. The molecule has 5 rings (SSSR count). The maximum atomic E-state index is 12.9. The first-order chi connectivity index (χ1) is 21.0. The Morgan fingerprint density at radius 2 is 1.75 bits per heavy atom. The van der Waals surface area contributed by atoms with Crippen molar-refractivity contribution >= 4 is 23.4 Å². The second kappa shape index (κ2) is 12.7. The Morgan fingerprint density at radius 3 is 2.43 bits per heavy atom. The van der Waals surface area contributed by atoms with Crippen LogP contribution >= 0.6 is 11.3 Å². The number of benzene rings is 3. The normalized spacial score (nSPS) is 12.5. The van der Waals surface area contributed by atoms with Crippen molar-refractivity contribution in [2.24, 2.45) is 4.99 Å². The molecule has 0 aliphatic heterocycles. The zero-order valence-corrected chi connectivity index (χ0v) is 25.1. The lowest BCUT2D eigenvalue weighted by Gasteiger charge is -2.14. The van der Waals surface area contributed by atoms with Gasteiger partial charge in [-0.1, -0.05) is 56.3 Å². The van der Waals surface area contributed by atoms with Crippen molar-refractivity contribution in [1.29, 1.82) is 0 Å². The average Bonchev–Trinajstić information content (AvgIpc) is 3.60. The molecule has 0 fully saturated rings. The van der Waals surface area contributed by atoms with Gasteiger partial charge in [0.25, 0.3) is 0 Å². The van der Waals surface area contributed by atoms with E-state index in [-0.39, 0.29) is 5.75 Å². The highest BCUT2D eigenvalue weighted by Crippen LogP contribution is 2.25. The van der Waals surface area contributed by atoms with Gasteiger partial charge in [-0.15, -0.1) is 29.6 Å². The van der Waals surface area contributed by atoms with Crippen LogP contribution in [0, 0.1) is 6.92 Å². The van der Waals surface area contributed by atoms with Gasteiger partial charge in [-0.2, -0.15) is 4.99 Å². The van der Waals surface area contributed by atoms with E-state index >= 15 is 0 Å². The van der Waals surface area contributed by atoms with Crippen LogP contribution in [0.2, 0.25) is 0 Å². The number of carbonyl (C=O) groups is 1. The predicted octanol–water partition coefficient (Wildman–Crippen LogP) is 7.79. The molecular formula is C32H29F3N6O2S. The monoisotopic (exact) mass is 618 g/mol. The van der Waals surface area contributed by atoms with Crippen molar-refractivity contribution < 1.29 is 22.7 Å². The molecule has 2 aromatic heterocycles. The standard InChI is InChI=1S/C32H29F3N6O2S/c1-20(2)27-7-5-6-8-28(27)41-22(4)18-44-31(41)38-30(42)37-21(3)17-23-9-11-24(12-10-23)29-36-19-40(39-29)25-13-15-26(16-14-25)43-32(33,34)35/h5-20H,1-4H3,(H,37,42)/b21-17+,38-31?. The summed E-state index contributed by atoms with van der Waals surface area (Å²) in [5.41, 5.74) is 5.91. The number of nitrogens with one attached hydrogen (secondary N) is 1. The number of hydrogen-bond acceptors (Lipinski definition) is 5. The van der Waals surface area contributed by atoms with Gasteiger partial charge in [0.2, 0.25) is 0 Å². The molecule has 0 bridgehead atoms. The van der Waals surface area contributed by atoms with E-state index in [1.807, 2.05) is 65.4 Å². The van der Waals surface area contributed by atoms with Gasteiger partial charge in [-0.05, 0) is 67.3 Å². The molecule has 1 N–H and O–H groups in total. The molecule has 0 radical (unpaired) electrons. The fourth-order valence-corrected chi connectivity index (χ4v) is 5.43. The number of para-hydroxylation sites is 1. The van der Waals surface area contributed by atoms with Crippen LogP contribution in [0.3, 0.4) is 0 Å². The Bertz CT molecular complexity index is 1870. The van der Waals surface area contributed by atoms with Crippen molar-refractivity contribution in [3.63, 3.8) is 0 Å². The highest BCUT2D eigenvalue weighted by atomic mass is 32.1. The number of aromatic nitrogens is 4. The summed E-state index contributed by atoms with van der Waals surface area (Å²) in [5, 5.41) is 9.24. The van der Waals surface area contributed by atoms with Crippen molar-refractivity contribution in [3.8, 4) is 28.5 Å². The molecule has 2 heterocycles. The molecule has 226 valence electrons. The second-order valence-electron chi connectivity index (χ2n) is 10.3. The molecular weight excluding hydrogens is 589 g/mol. The third kappa shape index (κ3) is 7.32. The summed E-state index contributed by atoms with van der Waals surface area (Å²) < 4.78 is 44.6. The van der Waals surface area contributed by atoms with E-state index in [4.69, 9.17) is 0 Å². The van der Waals surface area contributed by atoms with Crippen LogP contribution in [0.15, 0.2) is 95.2 Å². The number of amides is 2. The van der Waals surface area contributed by atoms with Crippen LogP contribution in [-0.4, -0.2) is 31.7 Å². The largest absolute Gasteiger partial charge is 0.573 e. The van der Waals surface area contributed by atoms with Gasteiger partial charge in [0, 0.05) is 22.3 Å². The number of aryl methyl sites for hydroxylation is 1. The lowest BCUT2D eigenvalue weighted by Crippen LogP contribution is -2.23. The number of rotatable bonds is 7. The van der Waals surface area contributed by atoms with Crippen LogP contribution in [0.5, 0.6) is 5.75 Å². The number of urea groups is 1. The maximum Gasteiger partial charge on any atom is 0.573 e. The fraction of sp³-hybridized carbons (Fsp3) is 0.188. The fourth-order valence-electron chi connectivity index (χ4n) is 4.56. The highest BCUT2D eigenvalue weighted by molar-refractivity contribution is 7.07. The Balaban J connectivity index is 1.27. The first kappa shape index (κ1) is 30.5. The molecule has 8 nitrogen and oxygen atoms in total. The third-order valence-corrected chi connectivity index (χ3v) is 7.50. The summed E-state index contributed by atoms with van der Waals surface area (Å²) in [5.74, 6) is 0.437. The van der Waals surface area contributed by atoms with Gasteiger partial charge in [-0.25, -0.2) is 14.5 Å². The van der Waals surface area contributed by atoms with Crippen LogP contribution < -0.4 is 14.9 Å². The molecule has 0 atom stereocenters. The molecule has 12 heteroatoms. The summed E-state index contributed by atoms with van der Waals surface area (Å²) in [6.07, 6.45) is -1.45. The topological polar surface area (TPSA) is 86.3 Å². The van der Waals surface area contributed by atoms with Gasteiger partial charge in [0.05, 0.1) is 11.4 Å². The summed E-state index contributed by atoms with van der Waals surface area (Å²) in [6, 6.07) is 20.4. The summed E-state index contributed by atoms with van der Waals surface area (Å²) >= 11 is 1.41. The van der Waals surface area contributed by atoms with Gasteiger partial charge >= 0.3 is 12.4 Å². The Labute approximate surface area is 255 Å². The molecule has 0 aliphatic rings. The van der Waals surface area contributed by atoms with Crippen molar-refractivity contribution in [2.45, 2.75) is 40.0 Å². The number of alkyl halides is 3. The molecule has 0 saturated heterocycles. The van der Waals surface area contributed by atoms with E-state index in [2.05, 4.69) is 45.0 Å². The zero-order valence-electron chi connectivity index (χ0n) is 24.3. The van der Waals surface area contributed by atoms with Gasteiger partial charge < -0.3 is 10.1 Å². The van der Waals surface area contributed by atoms with Gasteiger partial charge in [0.15, 0.2) is 10.6 Å². The van der Waals surface area contributed by atoms with E-state index in [9.17, 15) is 18.0 Å². The van der Waals surface area contributed by atoms with E-state index in [1.54, 1.807) is 6.92 Å². The van der Waals surface area contributed by atoms with E-state index in [0.29, 0.717) is 27.9 Å². The number of hydrogen-bond donors (Lipinski definition) is 1. The number of halogens is 3. The van der Waals surface area contributed by atoms with Crippen molar-refractivity contribution in [3.05, 3.63) is 112 Å². The minimum Gasteiger partial charge on any atom is -0.406 e. The minimum absolute atomic E-state index is 0.310. The maximum absolute atomic E-state index is 12.9. The Morgan fingerprint density at radius 1 is 1.05 bits per heavy atom. The van der Waals surface area contributed by atoms with Crippen LogP contribution in [0.4, 0.5) is 18.0 Å². The number of ether oxygens (including phenoxy) is 1. The summed E-state index contributed by atoms with van der Waals surface area (Å²) in [7, 11) is 0. The van der Waals surface area contributed by atoms with Crippen molar-refractivity contribution in [1.82, 2.24) is 24.6 Å². The Hall–Kier alpha value is -4.97. The number of nitrogens with zero attached hydrogens (tertiary/aromatic N) is 5. The number of thiazole rings is 1. The first-order valence-corrected chi connectivity index (χ1v) is 14.5. The smallest absolute Gasteiger partial charge is 0.406 e. The molecule has 2 amide bonds. The lowest BCUT2D eigenvalue weighted by atomic mass is 10.0. The summed E-state index contributed by atoms with van der Waals surface area (Å²) in [4.78, 5) is 22.1. The van der Waals surface area contributed by atoms with Crippen LogP contribution in [-0.2, 0) is 0 Å². The average molecular weight is 619 g/mol. The molecule has 0 spiro atoms. The summed E-state index contributed by atoms with van der Waals surface area (Å²) in [6.45, 7) is 8.06. The molecule has 0 saturated carbocycles. The second-order valence-corrected chi connectivity index (χ2v) is 11.1. The van der Waals surface area contributed by atoms with Crippen LogP contribution in [0.25, 0.3) is 28.8 Å². The molecule has 0 aliphatic carbocycles. The van der Waals surface area contributed by atoms with Gasteiger partial charge in [0.1, 0.15) is 12.1 Å². The van der Waals surface area contributed by atoms with E-state index in [0.717, 1.165) is 22.5 Å². The molecule has 0 unspecified atom stereocenters. The van der Waals surface area contributed by atoms with Gasteiger partial charge in [-0.3, -0.25) is 4.57 Å². The zero-order chi connectivity index (χ0) is 31.4. The first-order valence-electron chi connectivity index (χ1n) is 13.7. The van der Waals surface area contributed by atoms with Crippen LogP contribution in [0.1, 0.15) is 43.5 Å². The van der Waals surface area contributed by atoms with E-state index in [1.165, 1.54) is 52.2 Å². The number of allylic oxidation sites excluding steroid dienone is 1. The quantitative estimate of drug-likeness (QED) is 0.202. The molecule has 44 heavy (non-hydrogen) atoms. The molecule has 3 aromatic carbocycles. The van der Waals surface area contributed by atoms with E-state index < -0.39 is 12.4 Å². The third-order valence-electron chi connectivity index (χ3n) is 6.56.